The highest BCUT2D eigenvalue weighted by Gasteiger charge is 2.25. The van der Waals surface area contributed by atoms with Crippen LogP contribution in [0.4, 0.5) is 0 Å². The van der Waals surface area contributed by atoms with Gasteiger partial charge < -0.3 is 5.32 Å². The summed E-state index contributed by atoms with van der Waals surface area (Å²) in [7, 11) is 0. The Bertz CT molecular complexity index is 644. The number of nitrogens with one attached hydrogen (secondary N) is 1. The fourth-order valence-corrected chi connectivity index (χ4v) is 4.15. The molecule has 0 saturated carbocycles. The first-order chi connectivity index (χ1) is 11.3. The first kappa shape index (κ1) is 16.5. The van der Waals surface area contributed by atoms with E-state index in [2.05, 4.69) is 33.0 Å². The molecule has 0 radical (unpaired) electrons. The van der Waals surface area contributed by atoms with Crippen LogP contribution in [0.25, 0.3) is 11.3 Å². The number of carbonyl (C=O) groups excluding carboxylic acids is 1. The highest BCUT2D eigenvalue weighted by atomic mass is 32.2. The predicted octanol–water partition coefficient (Wildman–Crippen LogP) is 3.42. The van der Waals surface area contributed by atoms with Crippen molar-refractivity contribution in [3.8, 4) is 11.3 Å². The maximum absolute atomic E-state index is 12.3. The number of amides is 1. The first-order valence-corrected chi connectivity index (χ1v) is 9.89. The maximum Gasteiger partial charge on any atom is 0.224 e. The van der Waals surface area contributed by atoms with Gasteiger partial charge in [0.1, 0.15) is 5.01 Å². The van der Waals surface area contributed by atoms with E-state index in [9.17, 15) is 4.79 Å². The Kier molecular flexibility index (Phi) is 5.70. The Hall–Kier alpha value is -1.37. The van der Waals surface area contributed by atoms with Crippen molar-refractivity contribution in [2.24, 2.45) is 5.92 Å². The number of rotatable bonds is 5. The molecular formula is C17H21N3OS2. The van der Waals surface area contributed by atoms with E-state index in [-0.39, 0.29) is 11.8 Å². The van der Waals surface area contributed by atoms with Crippen LogP contribution in [0.3, 0.4) is 0 Å². The van der Waals surface area contributed by atoms with Crippen molar-refractivity contribution < 1.29 is 4.79 Å². The molecule has 0 aliphatic carbocycles. The topological polar surface area (TPSA) is 45.2 Å². The second-order valence-corrected chi connectivity index (χ2v) is 7.44. The zero-order valence-corrected chi connectivity index (χ0v) is 14.8. The lowest BCUT2D eigenvalue weighted by atomic mass is 9.99. The number of carbonyl (C=O) groups is 1. The molecule has 1 saturated heterocycles. The van der Waals surface area contributed by atoms with Crippen LogP contribution >= 0.6 is 23.3 Å². The van der Waals surface area contributed by atoms with Gasteiger partial charge in [0, 0.05) is 24.0 Å². The van der Waals surface area contributed by atoms with E-state index >= 15 is 0 Å². The van der Waals surface area contributed by atoms with Crippen molar-refractivity contribution in [2.45, 2.75) is 19.4 Å². The molecule has 1 aliphatic heterocycles. The molecule has 1 aromatic carbocycles. The standard InChI is InChI=1S/C17H21N3OS2/c1-22-20-9-5-8-14(11-20)17(21)18-10-16-19-15(12-23-16)13-6-3-2-4-7-13/h2-4,6-7,12,14H,5,8-11H2,1H3,(H,18,21). The van der Waals surface area contributed by atoms with E-state index in [0.717, 1.165) is 42.2 Å². The van der Waals surface area contributed by atoms with Gasteiger partial charge in [0.25, 0.3) is 0 Å². The molecule has 1 aromatic heterocycles. The molecule has 1 fully saturated rings. The van der Waals surface area contributed by atoms with Crippen LogP contribution in [-0.4, -0.2) is 34.5 Å². The van der Waals surface area contributed by atoms with E-state index < -0.39 is 0 Å². The van der Waals surface area contributed by atoms with Crippen molar-refractivity contribution in [3.05, 3.63) is 40.7 Å². The van der Waals surface area contributed by atoms with Crippen molar-refractivity contribution in [3.63, 3.8) is 0 Å². The monoisotopic (exact) mass is 347 g/mol. The van der Waals surface area contributed by atoms with Crippen LogP contribution in [0.2, 0.25) is 0 Å². The number of piperidine rings is 1. The van der Waals surface area contributed by atoms with Crippen LogP contribution in [0.1, 0.15) is 17.8 Å². The van der Waals surface area contributed by atoms with Gasteiger partial charge in [0.15, 0.2) is 0 Å². The van der Waals surface area contributed by atoms with Gasteiger partial charge in [-0.1, -0.05) is 42.3 Å². The van der Waals surface area contributed by atoms with E-state index in [0.29, 0.717) is 6.54 Å². The summed E-state index contributed by atoms with van der Waals surface area (Å²) < 4.78 is 2.27. The summed E-state index contributed by atoms with van der Waals surface area (Å²) in [4.78, 5) is 17.0. The van der Waals surface area contributed by atoms with Gasteiger partial charge in [-0.15, -0.1) is 11.3 Å². The van der Waals surface area contributed by atoms with Crippen molar-refractivity contribution in [1.29, 1.82) is 0 Å². The third-order valence-electron chi connectivity index (χ3n) is 4.05. The molecule has 23 heavy (non-hydrogen) atoms. The number of hydrogen-bond acceptors (Lipinski definition) is 5. The fourth-order valence-electron chi connectivity index (χ4n) is 2.76. The molecule has 6 heteroatoms. The number of thiazole rings is 1. The van der Waals surface area contributed by atoms with Gasteiger partial charge in [0.2, 0.25) is 5.91 Å². The minimum Gasteiger partial charge on any atom is -0.349 e. The molecule has 122 valence electrons. The minimum atomic E-state index is 0.102. The molecule has 0 spiro atoms. The zero-order chi connectivity index (χ0) is 16.1. The molecule has 2 heterocycles. The van der Waals surface area contributed by atoms with Crippen LogP contribution in [0.5, 0.6) is 0 Å². The average Bonchev–Trinajstić information content (AvgIpc) is 3.09. The molecule has 1 atom stereocenters. The number of hydrogen-bond donors (Lipinski definition) is 1. The Morgan fingerprint density at radius 3 is 3.04 bits per heavy atom. The highest BCUT2D eigenvalue weighted by Crippen LogP contribution is 2.23. The largest absolute Gasteiger partial charge is 0.349 e. The maximum atomic E-state index is 12.3. The lowest BCUT2D eigenvalue weighted by Gasteiger charge is -2.29. The second-order valence-electron chi connectivity index (χ2n) is 5.62. The van der Waals surface area contributed by atoms with E-state index in [1.807, 2.05) is 23.6 Å². The zero-order valence-electron chi connectivity index (χ0n) is 13.2. The molecule has 1 amide bonds. The Morgan fingerprint density at radius 2 is 2.26 bits per heavy atom. The van der Waals surface area contributed by atoms with Gasteiger partial charge in [-0.3, -0.25) is 9.10 Å². The molecule has 1 N–H and O–H groups in total. The lowest BCUT2D eigenvalue weighted by Crippen LogP contribution is -2.40. The van der Waals surface area contributed by atoms with Crippen LogP contribution in [0.15, 0.2) is 35.7 Å². The van der Waals surface area contributed by atoms with Crippen LogP contribution in [-0.2, 0) is 11.3 Å². The fraction of sp³-hybridized carbons (Fsp3) is 0.412. The molecule has 4 nitrogen and oxygen atoms in total. The van der Waals surface area contributed by atoms with Gasteiger partial charge in [-0.05, 0) is 19.1 Å². The van der Waals surface area contributed by atoms with E-state index in [4.69, 9.17) is 0 Å². The van der Waals surface area contributed by atoms with Crippen LogP contribution < -0.4 is 5.32 Å². The van der Waals surface area contributed by atoms with E-state index in [1.54, 1.807) is 23.3 Å². The highest BCUT2D eigenvalue weighted by molar-refractivity contribution is 7.96. The molecule has 3 rings (SSSR count). The van der Waals surface area contributed by atoms with Crippen molar-refractivity contribution in [2.75, 3.05) is 19.3 Å². The average molecular weight is 348 g/mol. The Labute approximate surface area is 145 Å². The second kappa shape index (κ2) is 7.95. The normalized spacial score (nSPS) is 18.7. The third-order valence-corrected chi connectivity index (χ3v) is 5.75. The smallest absolute Gasteiger partial charge is 0.224 e. The molecule has 1 aliphatic rings. The molecule has 0 bridgehead atoms. The summed E-state index contributed by atoms with van der Waals surface area (Å²) in [6.07, 6.45) is 4.14. The Morgan fingerprint density at radius 1 is 1.43 bits per heavy atom. The molecule has 1 unspecified atom stereocenters. The van der Waals surface area contributed by atoms with Gasteiger partial charge in [-0.2, -0.15) is 0 Å². The number of nitrogens with zero attached hydrogens (tertiary/aromatic N) is 2. The van der Waals surface area contributed by atoms with Gasteiger partial charge in [-0.25, -0.2) is 4.98 Å². The summed E-state index contributed by atoms with van der Waals surface area (Å²) in [6.45, 7) is 2.45. The summed E-state index contributed by atoms with van der Waals surface area (Å²) in [5.74, 6) is 0.255. The predicted molar refractivity (Wildman–Crippen MR) is 97.2 cm³/mol. The summed E-state index contributed by atoms with van der Waals surface area (Å²) in [5.41, 5.74) is 2.09. The van der Waals surface area contributed by atoms with Crippen LogP contribution in [0, 0.1) is 5.92 Å². The van der Waals surface area contributed by atoms with Crippen molar-refractivity contribution >= 4 is 29.2 Å². The minimum absolute atomic E-state index is 0.102. The molecular weight excluding hydrogens is 326 g/mol. The SMILES string of the molecule is CSN1CCCC(C(=O)NCc2nc(-c3ccccc3)cs2)C1. The molecule has 2 aromatic rings. The third kappa shape index (κ3) is 4.34. The number of benzene rings is 1. The van der Waals surface area contributed by atoms with Crippen molar-refractivity contribution in [1.82, 2.24) is 14.6 Å². The quantitative estimate of drug-likeness (QED) is 0.842. The lowest BCUT2D eigenvalue weighted by molar-refractivity contribution is -0.126. The van der Waals surface area contributed by atoms with E-state index in [1.165, 1.54) is 0 Å². The Balaban J connectivity index is 1.54. The number of aromatic nitrogens is 1. The van der Waals surface area contributed by atoms with Gasteiger partial charge in [0.05, 0.1) is 18.2 Å². The van der Waals surface area contributed by atoms with Gasteiger partial charge >= 0.3 is 0 Å². The summed E-state index contributed by atoms with van der Waals surface area (Å²) >= 11 is 3.32. The summed E-state index contributed by atoms with van der Waals surface area (Å²) in [5, 5.41) is 6.05. The first-order valence-electron chi connectivity index (χ1n) is 7.83. The summed E-state index contributed by atoms with van der Waals surface area (Å²) in [6, 6.07) is 10.1.